The monoisotopic (exact) mass is 293 g/mol. The first-order valence-corrected chi connectivity index (χ1v) is 7.43. The maximum absolute atomic E-state index is 12.1. The van der Waals surface area contributed by atoms with Crippen LogP contribution in [0.2, 0.25) is 0 Å². The first-order valence-electron chi connectivity index (χ1n) is 7.43. The summed E-state index contributed by atoms with van der Waals surface area (Å²) in [6, 6.07) is 0. The molecule has 0 radical (unpaired) electrons. The minimum atomic E-state index is -0.716. The minimum absolute atomic E-state index is 0.0989. The summed E-state index contributed by atoms with van der Waals surface area (Å²) in [5.41, 5.74) is -0.157. The highest BCUT2D eigenvalue weighted by Crippen LogP contribution is 2.29. The van der Waals surface area contributed by atoms with Crippen LogP contribution in [0.15, 0.2) is 23.1 Å². The van der Waals surface area contributed by atoms with Crippen LogP contribution in [-0.2, 0) is 14.4 Å². The fraction of sp³-hybridized carbons (Fsp3) is 0.562. The highest BCUT2D eigenvalue weighted by molar-refractivity contribution is 6.25. The fourth-order valence-electron chi connectivity index (χ4n) is 2.40. The number of imide groups is 1. The van der Waals surface area contributed by atoms with Gasteiger partial charge in [-0.2, -0.15) is 0 Å². The summed E-state index contributed by atoms with van der Waals surface area (Å²) in [6.07, 6.45) is 6.59. The Kier molecular flexibility index (Phi) is 6.34. The molecule has 0 aliphatic carbocycles. The molecule has 1 aliphatic rings. The average molecular weight is 293 g/mol. The van der Waals surface area contributed by atoms with Gasteiger partial charge in [-0.25, -0.2) is 4.90 Å². The van der Waals surface area contributed by atoms with Crippen molar-refractivity contribution >= 4 is 17.6 Å². The zero-order valence-electron chi connectivity index (χ0n) is 12.9. The normalized spacial score (nSPS) is 17.0. The number of aliphatic hydroxyl groups excluding tert-OH is 1. The number of unbranched alkanes of at least 4 members (excludes halogenated alkanes) is 4. The summed E-state index contributed by atoms with van der Waals surface area (Å²) in [5.74, 6) is -1.99. The van der Waals surface area contributed by atoms with E-state index in [-0.39, 0.29) is 23.5 Å². The summed E-state index contributed by atoms with van der Waals surface area (Å²) in [7, 11) is 0. The third kappa shape index (κ3) is 3.80. The van der Waals surface area contributed by atoms with Crippen LogP contribution in [0.5, 0.6) is 0 Å². The van der Waals surface area contributed by atoms with Gasteiger partial charge >= 0.3 is 0 Å². The molecule has 0 spiro atoms. The van der Waals surface area contributed by atoms with Gasteiger partial charge in [0, 0.05) is 13.3 Å². The Morgan fingerprint density at radius 3 is 2.29 bits per heavy atom. The predicted octanol–water partition coefficient (Wildman–Crippen LogP) is 3.02. The van der Waals surface area contributed by atoms with Crippen molar-refractivity contribution in [2.75, 3.05) is 0 Å². The average Bonchev–Trinajstić information content (AvgIpc) is 2.69. The molecular weight excluding hydrogens is 270 g/mol. The maximum atomic E-state index is 12.1. The SMILES string of the molecule is C/C=C1/C(O)=C(C(=O)CCCCCCC)C(=O)N1C(C)=O. The van der Waals surface area contributed by atoms with Gasteiger partial charge in [0.25, 0.3) is 5.91 Å². The number of carbonyl (C=O) groups is 3. The van der Waals surface area contributed by atoms with Gasteiger partial charge in [-0.3, -0.25) is 14.4 Å². The Labute approximate surface area is 125 Å². The van der Waals surface area contributed by atoms with Crippen LogP contribution in [-0.4, -0.2) is 27.6 Å². The molecule has 21 heavy (non-hydrogen) atoms. The largest absolute Gasteiger partial charge is 0.505 e. The summed E-state index contributed by atoms with van der Waals surface area (Å²) >= 11 is 0. The Hall–Kier alpha value is -1.91. The van der Waals surface area contributed by atoms with Crippen molar-refractivity contribution in [1.82, 2.24) is 4.90 Å². The van der Waals surface area contributed by atoms with E-state index in [4.69, 9.17) is 0 Å². The standard InChI is InChI=1S/C16H23NO4/c1-4-6-7-8-9-10-13(19)14-15(20)12(5-2)17(11(3)18)16(14)21/h5,20H,4,6-10H2,1-3H3/b12-5-. The van der Waals surface area contributed by atoms with Crippen molar-refractivity contribution in [2.45, 2.75) is 59.3 Å². The molecule has 2 amide bonds. The number of aliphatic hydroxyl groups is 1. The van der Waals surface area contributed by atoms with E-state index >= 15 is 0 Å². The van der Waals surface area contributed by atoms with Gasteiger partial charge in [0.2, 0.25) is 5.91 Å². The van der Waals surface area contributed by atoms with Crippen molar-refractivity contribution in [3.8, 4) is 0 Å². The Bertz CT molecular complexity index is 502. The summed E-state index contributed by atoms with van der Waals surface area (Å²) in [5, 5.41) is 10.0. The van der Waals surface area contributed by atoms with E-state index in [1.807, 2.05) is 0 Å². The van der Waals surface area contributed by atoms with Crippen LogP contribution in [0.4, 0.5) is 0 Å². The van der Waals surface area contributed by atoms with Gasteiger partial charge in [-0.15, -0.1) is 0 Å². The number of hydrogen-bond donors (Lipinski definition) is 1. The second-order valence-electron chi connectivity index (χ2n) is 5.14. The number of rotatable bonds is 7. The molecular formula is C16H23NO4. The molecule has 0 saturated heterocycles. The van der Waals surface area contributed by atoms with E-state index in [0.717, 1.165) is 30.6 Å². The summed E-state index contributed by atoms with van der Waals surface area (Å²) in [6.45, 7) is 4.94. The van der Waals surface area contributed by atoms with Crippen LogP contribution >= 0.6 is 0 Å². The lowest BCUT2D eigenvalue weighted by Gasteiger charge is -2.13. The lowest BCUT2D eigenvalue weighted by molar-refractivity contribution is -0.138. The molecule has 0 aromatic carbocycles. The Morgan fingerprint density at radius 2 is 1.81 bits per heavy atom. The quantitative estimate of drug-likeness (QED) is 0.578. The molecule has 0 atom stereocenters. The van der Waals surface area contributed by atoms with Crippen molar-refractivity contribution < 1.29 is 19.5 Å². The van der Waals surface area contributed by atoms with E-state index in [0.29, 0.717) is 6.42 Å². The molecule has 0 unspecified atom stereocenters. The Balaban J connectivity index is 2.77. The first kappa shape index (κ1) is 17.1. The minimum Gasteiger partial charge on any atom is -0.505 e. The second kappa shape index (κ2) is 7.76. The van der Waals surface area contributed by atoms with E-state index < -0.39 is 17.6 Å². The molecule has 0 saturated carbocycles. The lowest BCUT2D eigenvalue weighted by Crippen LogP contribution is -2.31. The van der Waals surface area contributed by atoms with Gasteiger partial charge in [-0.1, -0.05) is 38.7 Å². The second-order valence-corrected chi connectivity index (χ2v) is 5.14. The molecule has 1 N–H and O–H groups in total. The van der Waals surface area contributed by atoms with Crippen LogP contribution < -0.4 is 0 Å². The van der Waals surface area contributed by atoms with Crippen LogP contribution in [0.3, 0.4) is 0 Å². The third-order valence-electron chi connectivity index (χ3n) is 3.51. The molecule has 116 valence electrons. The number of nitrogens with zero attached hydrogens (tertiary/aromatic N) is 1. The van der Waals surface area contributed by atoms with Crippen LogP contribution in [0, 0.1) is 0 Å². The number of ketones is 1. The highest BCUT2D eigenvalue weighted by atomic mass is 16.3. The predicted molar refractivity (Wildman–Crippen MR) is 79.3 cm³/mol. The zero-order chi connectivity index (χ0) is 16.0. The smallest absolute Gasteiger partial charge is 0.272 e. The lowest BCUT2D eigenvalue weighted by atomic mass is 10.0. The molecule has 1 aliphatic heterocycles. The van der Waals surface area contributed by atoms with E-state index in [9.17, 15) is 19.5 Å². The van der Waals surface area contributed by atoms with E-state index in [1.165, 1.54) is 13.0 Å². The molecule has 5 heteroatoms. The third-order valence-corrected chi connectivity index (χ3v) is 3.51. The topological polar surface area (TPSA) is 74.7 Å². The van der Waals surface area contributed by atoms with Gasteiger partial charge in [0.1, 0.15) is 5.57 Å². The number of allylic oxidation sites excluding steroid dienone is 1. The van der Waals surface area contributed by atoms with E-state index in [1.54, 1.807) is 6.92 Å². The number of carbonyl (C=O) groups excluding carboxylic acids is 3. The molecule has 5 nitrogen and oxygen atoms in total. The number of Topliss-reactive ketones (excluding diaryl/α,β-unsaturated/α-hetero) is 1. The maximum Gasteiger partial charge on any atom is 0.272 e. The van der Waals surface area contributed by atoms with Crippen molar-refractivity contribution in [1.29, 1.82) is 0 Å². The molecule has 0 bridgehead atoms. The van der Waals surface area contributed by atoms with Gasteiger partial charge in [0.15, 0.2) is 11.5 Å². The first-order chi connectivity index (χ1) is 9.95. The molecule has 0 aromatic rings. The molecule has 1 heterocycles. The molecule has 0 fully saturated rings. The highest BCUT2D eigenvalue weighted by Gasteiger charge is 2.40. The van der Waals surface area contributed by atoms with Crippen LogP contribution in [0.1, 0.15) is 59.3 Å². The van der Waals surface area contributed by atoms with E-state index in [2.05, 4.69) is 6.92 Å². The summed E-state index contributed by atoms with van der Waals surface area (Å²) in [4.78, 5) is 36.6. The fourth-order valence-corrected chi connectivity index (χ4v) is 2.40. The van der Waals surface area contributed by atoms with Crippen molar-refractivity contribution in [3.63, 3.8) is 0 Å². The number of hydrogen-bond acceptors (Lipinski definition) is 4. The van der Waals surface area contributed by atoms with Crippen LogP contribution in [0.25, 0.3) is 0 Å². The zero-order valence-corrected chi connectivity index (χ0v) is 12.9. The summed E-state index contributed by atoms with van der Waals surface area (Å²) < 4.78 is 0. The van der Waals surface area contributed by atoms with Crippen molar-refractivity contribution in [2.24, 2.45) is 0 Å². The van der Waals surface area contributed by atoms with Gasteiger partial charge < -0.3 is 5.11 Å². The van der Waals surface area contributed by atoms with Gasteiger partial charge in [-0.05, 0) is 13.3 Å². The van der Waals surface area contributed by atoms with Crippen molar-refractivity contribution in [3.05, 3.63) is 23.1 Å². The molecule has 0 aromatic heterocycles. The van der Waals surface area contributed by atoms with Gasteiger partial charge in [0.05, 0.1) is 5.70 Å². The molecule has 1 rings (SSSR count). The Morgan fingerprint density at radius 1 is 1.19 bits per heavy atom. The number of amides is 2.